The van der Waals surface area contributed by atoms with E-state index in [1.54, 1.807) is 0 Å². The highest BCUT2D eigenvalue weighted by Gasteiger charge is 2.02. The molecule has 0 atom stereocenters. The van der Waals surface area contributed by atoms with Crippen LogP contribution in [-0.4, -0.2) is 31.7 Å². The van der Waals surface area contributed by atoms with Crippen LogP contribution in [0.1, 0.15) is 52.9 Å². The van der Waals surface area contributed by atoms with Crippen molar-refractivity contribution in [3.05, 3.63) is 0 Å². The van der Waals surface area contributed by atoms with Gasteiger partial charge in [-0.25, -0.2) is 4.79 Å². The Hall–Kier alpha value is -1.26. The lowest BCUT2D eigenvalue weighted by atomic mass is 10.2. The second-order valence-corrected chi connectivity index (χ2v) is 5.04. The molecule has 5 nitrogen and oxygen atoms in total. The number of hydrogen-bond donors (Lipinski definition) is 2. The van der Waals surface area contributed by atoms with E-state index in [0.29, 0.717) is 25.5 Å². The third-order valence-corrected chi connectivity index (χ3v) is 2.56. The predicted octanol–water partition coefficient (Wildman–Crippen LogP) is 2.46. The van der Waals surface area contributed by atoms with Crippen LogP contribution in [0.15, 0.2) is 0 Å². The van der Waals surface area contributed by atoms with Crippen molar-refractivity contribution >= 4 is 12.0 Å². The highest BCUT2D eigenvalue weighted by atomic mass is 16.5. The van der Waals surface area contributed by atoms with Gasteiger partial charge in [-0.15, -0.1) is 0 Å². The van der Waals surface area contributed by atoms with Crippen LogP contribution in [0.3, 0.4) is 0 Å². The van der Waals surface area contributed by atoms with Gasteiger partial charge in [0.05, 0.1) is 6.61 Å². The Morgan fingerprint density at radius 2 is 1.58 bits per heavy atom. The maximum atomic E-state index is 11.2. The molecule has 0 aromatic rings. The molecule has 0 spiro atoms. The van der Waals surface area contributed by atoms with Gasteiger partial charge in [-0.3, -0.25) is 4.79 Å². The summed E-state index contributed by atoms with van der Waals surface area (Å²) in [6.07, 6.45) is 4.26. The molecule has 2 N–H and O–H groups in total. The van der Waals surface area contributed by atoms with Crippen LogP contribution in [-0.2, 0) is 9.53 Å². The summed E-state index contributed by atoms with van der Waals surface area (Å²) in [6.45, 7) is 7.71. The Balaban J connectivity index is 3.22. The van der Waals surface area contributed by atoms with Crippen LogP contribution in [0.2, 0.25) is 0 Å². The van der Waals surface area contributed by atoms with E-state index in [2.05, 4.69) is 10.6 Å². The van der Waals surface area contributed by atoms with E-state index in [9.17, 15) is 9.59 Å². The SMILES string of the molecule is CCC(=O)NCCCCCCNC(=O)OCC(C)C. The zero-order valence-electron chi connectivity index (χ0n) is 12.5. The lowest BCUT2D eigenvalue weighted by Crippen LogP contribution is -2.26. The van der Waals surface area contributed by atoms with E-state index < -0.39 is 0 Å². The quantitative estimate of drug-likeness (QED) is 0.600. The van der Waals surface area contributed by atoms with Crippen LogP contribution in [0.5, 0.6) is 0 Å². The smallest absolute Gasteiger partial charge is 0.407 e. The average Bonchev–Trinajstić information content (AvgIpc) is 2.38. The van der Waals surface area contributed by atoms with Crippen molar-refractivity contribution in [2.75, 3.05) is 19.7 Å². The van der Waals surface area contributed by atoms with Crippen LogP contribution in [0.4, 0.5) is 4.79 Å². The molecule has 0 bridgehead atoms. The normalized spacial score (nSPS) is 10.3. The summed E-state index contributed by atoms with van der Waals surface area (Å²) >= 11 is 0. The van der Waals surface area contributed by atoms with Gasteiger partial charge in [0.15, 0.2) is 0 Å². The first kappa shape index (κ1) is 17.7. The van der Waals surface area contributed by atoms with Gasteiger partial charge in [-0.05, 0) is 18.8 Å². The lowest BCUT2D eigenvalue weighted by molar-refractivity contribution is -0.120. The van der Waals surface area contributed by atoms with Crippen molar-refractivity contribution < 1.29 is 14.3 Å². The Morgan fingerprint density at radius 3 is 2.11 bits per heavy atom. The molecule has 0 radical (unpaired) electrons. The van der Waals surface area contributed by atoms with Gasteiger partial charge >= 0.3 is 6.09 Å². The van der Waals surface area contributed by atoms with Crippen molar-refractivity contribution in [3.8, 4) is 0 Å². The molecule has 0 heterocycles. The minimum atomic E-state index is -0.330. The Labute approximate surface area is 116 Å². The van der Waals surface area contributed by atoms with Crippen molar-refractivity contribution in [3.63, 3.8) is 0 Å². The van der Waals surface area contributed by atoms with E-state index in [0.717, 1.165) is 32.2 Å². The van der Waals surface area contributed by atoms with Gasteiger partial charge in [0.25, 0.3) is 0 Å². The van der Waals surface area contributed by atoms with Crippen LogP contribution < -0.4 is 10.6 Å². The van der Waals surface area contributed by atoms with Gasteiger partial charge in [0, 0.05) is 19.5 Å². The number of rotatable bonds is 10. The molecular weight excluding hydrogens is 244 g/mol. The summed E-state index contributed by atoms with van der Waals surface area (Å²) in [6, 6.07) is 0. The summed E-state index contributed by atoms with van der Waals surface area (Å²) in [7, 11) is 0. The lowest BCUT2D eigenvalue weighted by Gasteiger charge is -2.08. The fraction of sp³-hybridized carbons (Fsp3) is 0.857. The van der Waals surface area contributed by atoms with Crippen LogP contribution >= 0.6 is 0 Å². The second-order valence-electron chi connectivity index (χ2n) is 5.04. The highest BCUT2D eigenvalue weighted by molar-refractivity contribution is 5.75. The number of nitrogens with one attached hydrogen (secondary N) is 2. The van der Waals surface area contributed by atoms with Crippen LogP contribution in [0.25, 0.3) is 0 Å². The van der Waals surface area contributed by atoms with E-state index in [1.165, 1.54) is 0 Å². The zero-order chi connectivity index (χ0) is 14.5. The molecule has 2 amide bonds. The molecule has 5 heteroatoms. The van der Waals surface area contributed by atoms with Gasteiger partial charge in [0.1, 0.15) is 0 Å². The zero-order valence-corrected chi connectivity index (χ0v) is 12.5. The largest absolute Gasteiger partial charge is 0.449 e. The summed E-state index contributed by atoms with van der Waals surface area (Å²) in [5, 5.41) is 5.57. The molecule has 0 unspecified atom stereocenters. The maximum Gasteiger partial charge on any atom is 0.407 e. The molecule has 0 aromatic heterocycles. The number of carbonyl (C=O) groups is 2. The number of carbonyl (C=O) groups excluding carboxylic acids is 2. The molecule has 0 aliphatic rings. The summed E-state index contributed by atoms with van der Waals surface area (Å²) in [4.78, 5) is 22.2. The first-order chi connectivity index (χ1) is 9.06. The predicted molar refractivity (Wildman–Crippen MR) is 76.0 cm³/mol. The number of amides is 2. The third-order valence-electron chi connectivity index (χ3n) is 2.56. The topological polar surface area (TPSA) is 67.4 Å². The fourth-order valence-electron chi connectivity index (χ4n) is 1.44. The van der Waals surface area contributed by atoms with E-state index in [4.69, 9.17) is 4.74 Å². The highest BCUT2D eigenvalue weighted by Crippen LogP contribution is 1.98. The van der Waals surface area contributed by atoms with Crippen molar-refractivity contribution in [2.24, 2.45) is 5.92 Å². The maximum absolute atomic E-state index is 11.2. The average molecular weight is 272 g/mol. The fourth-order valence-corrected chi connectivity index (χ4v) is 1.44. The van der Waals surface area contributed by atoms with Crippen LogP contribution in [0, 0.1) is 5.92 Å². The minimum absolute atomic E-state index is 0.106. The molecule has 0 aliphatic heterocycles. The molecule has 0 aliphatic carbocycles. The molecule has 19 heavy (non-hydrogen) atoms. The van der Waals surface area contributed by atoms with Gasteiger partial charge in [-0.2, -0.15) is 0 Å². The Bertz CT molecular complexity index is 255. The van der Waals surface area contributed by atoms with Crippen molar-refractivity contribution in [2.45, 2.75) is 52.9 Å². The van der Waals surface area contributed by atoms with E-state index in [-0.39, 0.29) is 12.0 Å². The second kappa shape index (κ2) is 11.8. The Kier molecular flexibility index (Phi) is 11.0. The molecule has 0 aromatic carbocycles. The standard InChI is InChI=1S/C14H28N2O3/c1-4-13(17)15-9-7-5-6-8-10-16-14(18)19-11-12(2)3/h12H,4-11H2,1-3H3,(H,15,17)(H,16,18). The summed E-state index contributed by atoms with van der Waals surface area (Å²) < 4.78 is 4.99. The molecule has 112 valence electrons. The number of unbranched alkanes of at least 4 members (excludes halogenated alkanes) is 3. The molecule has 0 rings (SSSR count). The molecule has 0 fully saturated rings. The van der Waals surface area contributed by atoms with Gasteiger partial charge < -0.3 is 15.4 Å². The third kappa shape index (κ3) is 13.0. The first-order valence-electron chi connectivity index (χ1n) is 7.23. The first-order valence-corrected chi connectivity index (χ1v) is 7.23. The number of hydrogen-bond acceptors (Lipinski definition) is 3. The van der Waals surface area contributed by atoms with Gasteiger partial charge in [-0.1, -0.05) is 33.6 Å². The summed E-state index contributed by atoms with van der Waals surface area (Å²) in [5.41, 5.74) is 0. The monoisotopic (exact) mass is 272 g/mol. The molecule has 0 saturated carbocycles. The van der Waals surface area contributed by atoms with Crippen molar-refractivity contribution in [1.82, 2.24) is 10.6 Å². The van der Waals surface area contributed by atoms with E-state index >= 15 is 0 Å². The molecular formula is C14H28N2O3. The molecule has 0 saturated heterocycles. The number of ether oxygens (including phenoxy) is 1. The minimum Gasteiger partial charge on any atom is -0.449 e. The van der Waals surface area contributed by atoms with Gasteiger partial charge in [0.2, 0.25) is 5.91 Å². The number of alkyl carbamates (subject to hydrolysis) is 1. The van der Waals surface area contributed by atoms with Crippen molar-refractivity contribution in [1.29, 1.82) is 0 Å². The summed E-state index contributed by atoms with van der Waals surface area (Å²) in [5.74, 6) is 0.471. The Morgan fingerprint density at radius 1 is 1.00 bits per heavy atom. The van der Waals surface area contributed by atoms with E-state index in [1.807, 2.05) is 20.8 Å².